The second kappa shape index (κ2) is 6.97. The van der Waals surface area contributed by atoms with Gasteiger partial charge in [0.05, 0.1) is 6.61 Å². The third kappa shape index (κ3) is 4.28. The maximum atomic E-state index is 6.06. The van der Waals surface area contributed by atoms with Gasteiger partial charge in [-0.1, -0.05) is 23.7 Å². The molecule has 0 fully saturated rings. The van der Waals surface area contributed by atoms with Gasteiger partial charge in [0.15, 0.2) is 0 Å². The number of nitrogens with two attached hydrogens (primary N) is 1. The number of methoxy groups -OCH3 is 1. The average Bonchev–Trinajstić information content (AvgIpc) is 2.29. The summed E-state index contributed by atoms with van der Waals surface area (Å²) in [5.74, 6) is 0. The summed E-state index contributed by atoms with van der Waals surface area (Å²) >= 11 is 5.89. The molecule has 2 atom stereocenters. The zero-order valence-electron chi connectivity index (χ0n) is 10.7. The molecule has 0 spiro atoms. The maximum absolute atomic E-state index is 6.06. The van der Waals surface area contributed by atoms with E-state index >= 15 is 0 Å². The molecule has 3 nitrogen and oxygen atoms in total. The fourth-order valence-electron chi connectivity index (χ4n) is 1.99. The largest absolute Gasteiger partial charge is 0.383 e. The van der Waals surface area contributed by atoms with E-state index < -0.39 is 0 Å². The van der Waals surface area contributed by atoms with Gasteiger partial charge in [-0.25, -0.2) is 0 Å². The van der Waals surface area contributed by atoms with Crippen molar-refractivity contribution in [3.63, 3.8) is 0 Å². The van der Waals surface area contributed by atoms with Crippen LogP contribution in [0.25, 0.3) is 0 Å². The van der Waals surface area contributed by atoms with Gasteiger partial charge in [0.25, 0.3) is 0 Å². The van der Waals surface area contributed by atoms with Gasteiger partial charge in [0, 0.05) is 30.8 Å². The van der Waals surface area contributed by atoms with Crippen molar-refractivity contribution in [2.24, 2.45) is 5.73 Å². The van der Waals surface area contributed by atoms with Crippen LogP contribution in [0, 0.1) is 0 Å². The monoisotopic (exact) mass is 256 g/mol. The summed E-state index contributed by atoms with van der Waals surface area (Å²) in [5, 5.41) is 0.747. The van der Waals surface area contributed by atoms with Crippen molar-refractivity contribution in [1.82, 2.24) is 4.90 Å². The smallest absolute Gasteiger partial charge is 0.0589 e. The molecule has 1 rings (SSSR count). The fourth-order valence-corrected chi connectivity index (χ4v) is 2.12. The van der Waals surface area contributed by atoms with Gasteiger partial charge in [-0.15, -0.1) is 0 Å². The summed E-state index contributed by atoms with van der Waals surface area (Å²) in [7, 11) is 3.76. The van der Waals surface area contributed by atoms with Crippen molar-refractivity contribution in [3.8, 4) is 0 Å². The summed E-state index contributed by atoms with van der Waals surface area (Å²) < 4.78 is 5.09. The Balaban J connectivity index is 2.81. The van der Waals surface area contributed by atoms with Crippen molar-refractivity contribution in [2.75, 3.05) is 27.3 Å². The van der Waals surface area contributed by atoms with Crippen LogP contribution in [0.4, 0.5) is 0 Å². The molecule has 17 heavy (non-hydrogen) atoms. The van der Waals surface area contributed by atoms with Gasteiger partial charge < -0.3 is 10.5 Å². The predicted octanol–water partition coefficient (Wildman–Crippen LogP) is 2.31. The van der Waals surface area contributed by atoms with Crippen LogP contribution in [-0.4, -0.2) is 38.3 Å². The van der Waals surface area contributed by atoms with Crippen molar-refractivity contribution >= 4 is 11.6 Å². The molecule has 0 radical (unpaired) electrons. The number of likely N-dealkylation sites (N-methyl/N-ethyl adjacent to an activating group) is 1. The first-order valence-electron chi connectivity index (χ1n) is 5.76. The lowest BCUT2D eigenvalue weighted by Crippen LogP contribution is -2.38. The number of hydrogen-bond donors (Lipinski definition) is 1. The molecule has 0 amide bonds. The lowest BCUT2D eigenvalue weighted by Gasteiger charge is -2.31. The number of benzene rings is 1. The molecule has 0 aromatic heterocycles. The van der Waals surface area contributed by atoms with E-state index in [1.807, 2.05) is 31.2 Å². The molecule has 0 aliphatic heterocycles. The van der Waals surface area contributed by atoms with Gasteiger partial charge >= 0.3 is 0 Å². The number of ether oxygens (including phenoxy) is 1. The Morgan fingerprint density at radius 3 is 2.41 bits per heavy atom. The first-order valence-corrected chi connectivity index (χ1v) is 6.14. The zero-order chi connectivity index (χ0) is 12.8. The van der Waals surface area contributed by atoms with Crippen LogP contribution in [-0.2, 0) is 4.74 Å². The second-order valence-electron chi connectivity index (χ2n) is 4.33. The predicted molar refractivity (Wildman–Crippen MR) is 72.3 cm³/mol. The quantitative estimate of drug-likeness (QED) is 0.849. The maximum Gasteiger partial charge on any atom is 0.0589 e. The number of halogens is 1. The molecule has 2 unspecified atom stereocenters. The van der Waals surface area contributed by atoms with Gasteiger partial charge in [-0.3, -0.25) is 4.90 Å². The summed E-state index contributed by atoms with van der Waals surface area (Å²) in [6.07, 6.45) is 0. The number of rotatable bonds is 6. The Labute approximate surface area is 109 Å². The topological polar surface area (TPSA) is 38.5 Å². The van der Waals surface area contributed by atoms with E-state index in [1.165, 1.54) is 5.56 Å². The van der Waals surface area contributed by atoms with E-state index in [0.29, 0.717) is 6.61 Å². The molecule has 4 heteroatoms. The molecule has 0 heterocycles. The summed E-state index contributed by atoms with van der Waals surface area (Å²) in [4.78, 5) is 2.21. The van der Waals surface area contributed by atoms with E-state index in [-0.39, 0.29) is 12.1 Å². The Morgan fingerprint density at radius 2 is 1.94 bits per heavy atom. The lowest BCUT2D eigenvalue weighted by atomic mass is 10.00. The Hall–Kier alpha value is -0.610. The van der Waals surface area contributed by atoms with Gasteiger partial charge in [-0.2, -0.15) is 0 Å². The number of hydrogen-bond acceptors (Lipinski definition) is 3. The van der Waals surface area contributed by atoms with Crippen LogP contribution in [0.2, 0.25) is 5.02 Å². The normalized spacial score (nSPS) is 14.9. The first kappa shape index (κ1) is 14.5. The SMILES string of the molecule is COCCN(C)C(c1ccc(Cl)cc1)C(C)N. The molecule has 1 aromatic carbocycles. The van der Waals surface area contributed by atoms with Gasteiger partial charge in [0.1, 0.15) is 0 Å². The minimum Gasteiger partial charge on any atom is -0.383 e. The number of nitrogens with zero attached hydrogens (tertiary/aromatic N) is 1. The Bertz CT molecular complexity index is 327. The van der Waals surface area contributed by atoms with Crippen LogP contribution in [0.5, 0.6) is 0 Å². The molecule has 0 aliphatic carbocycles. The van der Waals surface area contributed by atoms with E-state index in [2.05, 4.69) is 11.9 Å². The molecule has 2 N–H and O–H groups in total. The molecular weight excluding hydrogens is 236 g/mol. The van der Waals surface area contributed by atoms with E-state index in [9.17, 15) is 0 Å². The minimum absolute atomic E-state index is 0.0537. The average molecular weight is 257 g/mol. The Morgan fingerprint density at radius 1 is 1.35 bits per heavy atom. The minimum atomic E-state index is 0.0537. The highest BCUT2D eigenvalue weighted by Crippen LogP contribution is 2.23. The van der Waals surface area contributed by atoms with Crippen LogP contribution in [0.3, 0.4) is 0 Å². The van der Waals surface area contributed by atoms with E-state index in [1.54, 1.807) is 7.11 Å². The summed E-state index contributed by atoms with van der Waals surface area (Å²) in [6.45, 7) is 3.57. The third-order valence-electron chi connectivity index (χ3n) is 2.83. The third-order valence-corrected chi connectivity index (χ3v) is 3.08. The lowest BCUT2D eigenvalue weighted by molar-refractivity contribution is 0.131. The van der Waals surface area contributed by atoms with Crippen LogP contribution in [0.1, 0.15) is 18.5 Å². The molecule has 96 valence electrons. The molecule has 0 saturated carbocycles. The van der Waals surface area contributed by atoms with Gasteiger partial charge in [-0.05, 0) is 31.7 Å². The summed E-state index contributed by atoms with van der Waals surface area (Å²) in [5.41, 5.74) is 7.25. The highest BCUT2D eigenvalue weighted by Gasteiger charge is 2.20. The van der Waals surface area contributed by atoms with Crippen molar-refractivity contribution in [2.45, 2.75) is 19.0 Å². The molecule has 0 aliphatic rings. The van der Waals surface area contributed by atoms with Crippen molar-refractivity contribution < 1.29 is 4.74 Å². The highest BCUT2D eigenvalue weighted by molar-refractivity contribution is 6.30. The second-order valence-corrected chi connectivity index (χ2v) is 4.77. The Kier molecular flexibility index (Phi) is 5.92. The molecule has 0 saturated heterocycles. The highest BCUT2D eigenvalue weighted by atomic mass is 35.5. The van der Waals surface area contributed by atoms with E-state index in [4.69, 9.17) is 22.1 Å². The molecular formula is C13H21ClN2O. The first-order chi connectivity index (χ1) is 8.06. The zero-order valence-corrected chi connectivity index (χ0v) is 11.4. The fraction of sp³-hybridized carbons (Fsp3) is 0.538. The van der Waals surface area contributed by atoms with Crippen LogP contribution < -0.4 is 5.73 Å². The summed E-state index contributed by atoms with van der Waals surface area (Å²) in [6, 6.07) is 8.09. The van der Waals surface area contributed by atoms with Crippen LogP contribution in [0.15, 0.2) is 24.3 Å². The molecule has 0 bridgehead atoms. The van der Waals surface area contributed by atoms with Crippen molar-refractivity contribution in [1.29, 1.82) is 0 Å². The van der Waals surface area contributed by atoms with Crippen molar-refractivity contribution in [3.05, 3.63) is 34.9 Å². The molecule has 1 aromatic rings. The standard InChI is InChI=1S/C13H21ClN2O/c1-10(15)13(16(2)8-9-17-3)11-4-6-12(14)7-5-11/h4-7,10,13H,8-9,15H2,1-3H3. The van der Waals surface area contributed by atoms with Gasteiger partial charge in [0.2, 0.25) is 0 Å². The van der Waals surface area contributed by atoms with Crippen LogP contribution >= 0.6 is 11.6 Å². The van der Waals surface area contributed by atoms with E-state index in [0.717, 1.165) is 11.6 Å².